The second-order valence-electron chi connectivity index (χ2n) is 8.07. The molecule has 8 heteroatoms. The number of urea groups is 1. The number of imide groups is 1. The van der Waals surface area contributed by atoms with Crippen molar-refractivity contribution in [3.8, 4) is 5.75 Å². The molecule has 2 aromatic carbocycles. The molecule has 170 valence electrons. The normalized spacial score (nSPS) is 18.7. The van der Waals surface area contributed by atoms with Gasteiger partial charge in [-0.05, 0) is 35.6 Å². The standard InChI is InChI=1S/C25H25N3O4S/c1-25(15-18-11-6-7-12-19(18)32-2)23(30)28(24(31)27-25)16-21(29)26-22(20-13-8-14-33-20)17-9-4-3-5-10-17/h3-14,22H,15-16H2,1-2H3,(H,26,29)(H,27,31)/t22-,25+/m1/s1. The Balaban J connectivity index is 1.48. The van der Waals surface area contributed by atoms with Crippen LogP contribution in [0.2, 0.25) is 0 Å². The Bertz CT molecular complexity index is 1150. The molecule has 0 saturated carbocycles. The smallest absolute Gasteiger partial charge is 0.325 e. The maximum Gasteiger partial charge on any atom is 0.325 e. The van der Waals surface area contributed by atoms with Crippen molar-refractivity contribution in [2.75, 3.05) is 13.7 Å². The second kappa shape index (κ2) is 9.46. The van der Waals surface area contributed by atoms with Crippen LogP contribution in [0.5, 0.6) is 5.75 Å². The van der Waals surface area contributed by atoms with Crippen molar-refractivity contribution in [1.29, 1.82) is 0 Å². The van der Waals surface area contributed by atoms with Gasteiger partial charge in [0.25, 0.3) is 5.91 Å². The molecule has 0 bridgehead atoms. The summed E-state index contributed by atoms with van der Waals surface area (Å²) in [6.07, 6.45) is 0.252. The number of hydrogen-bond donors (Lipinski definition) is 2. The second-order valence-corrected chi connectivity index (χ2v) is 9.05. The van der Waals surface area contributed by atoms with Gasteiger partial charge in [-0.3, -0.25) is 14.5 Å². The van der Waals surface area contributed by atoms with E-state index in [0.717, 1.165) is 20.9 Å². The number of carbonyl (C=O) groups is 3. The van der Waals surface area contributed by atoms with Crippen molar-refractivity contribution >= 4 is 29.2 Å². The van der Waals surface area contributed by atoms with E-state index in [1.807, 2.05) is 66.0 Å². The average Bonchev–Trinajstić information content (AvgIpc) is 3.42. The fourth-order valence-electron chi connectivity index (χ4n) is 4.01. The fraction of sp³-hybridized carbons (Fsp3) is 0.240. The highest BCUT2D eigenvalue weighted by atomic mass is 32.1. The molecule has 1 saturated heterocycles. The number of thiophene rings is 1. The third-order valence-electron chi connectivity index (χ3n) is 5.65. The Morgan fingerprint density at radius 1 is 1.09 bits per heavy atom. The van der Waals surface area contributed by atoms with Crippen molar-refractivity contribution in [3.63, 3.8) is 0 Å². The van der Waals surface area contributed by atoms with E-state index in [2.05, 4.69) is 10.6 Å². The zero-order valence-electron chi connectivity index (χ0n) is 18.4. The molecule has 1 fully saturated rings. The van der Waals surface area contributed by atoms with Crippen molar-refractivity contribution in [2.24, 2.45) is 0 Å². The van der Waals surface area contributed by atoms with Gasteiger partial charge in [0.1, 0.15) is 17.8 Å². The number of rotatable bonds is 8. The van der Waals surface area contributed by atoms with Crippen LogP contribution in [-0.2, 0) is 16.0 Å². The molecule has 1 aromatic heterocycles. The van der Waals surface area contributed by atoms with Crippen molar-refractivity contribution < 1.29 is 19.1 Å². The van der Waals surface area contributed by atoms with Gasteiger partial charge in [0.2, 0.25) is 5.91 Å². The van der Waals surface area contributed by atoms with Gasteiger partial charge in [-0.2, -0.15) is 0 Å². The first-order chi connectivity index (χ1) is 15.9. The summed E-state index contributed by atoms with van der Waals surface area (Å²) in [4.78, 5) is 40.7. The highest BCUT2D eigenvalue weighted by Crippen LogP contribution is 2.28. The van der Waals surface area contributed by atoms with Gasteiger partial charge >= 0.3 is 6.03 Å². The van der Waals surface area contributed by atoms with Gasteiger partial charge in [0, 0.05) is 11.3 Å². The fourth-order valence-corrected chi connectivity index (χ4v) is 4.81. The molecular formula is C25H25N3O4S. The lowest BCUT2D eigenvalue weighted by atomic mass is 9.92. The summed E-state index contributed by atoms with van der Waals surface area (Å²) in [5.41, 5.74) is 0.550. The molecule has 0 unspecified atom stereocenters. The number of benzene rings is 2. The Morgan fingerprint density at radius 3 is 2.52 bits per heavy atom. The van der Waals surface area contributed by atoms with Crippen molar-refractivity contribution in [3.05, 3.63) is 88.1 Å². The Morgan fingerprint density at radius 2 is 1.82 bits per heavy atom. The van der Waals surface area contributed by atoms with E-state index in [0.29, 0.717) is 5.75 Å². The van der Waals surface area contributed by atoms with E-state index in [1.54, 1.807) is 20.1 Å². The molecule has 33 heavy (non-hydrogen) atoms. The molecule has 4 amide bonds. The van der Waals surface area contributed by atoms with E-state index in [4.69, 9.17) is 4.74 Å². The molecule has 2 heterocycles. The summed E-state index contributed by atoms with van der Waals surface area (Å²) < 4.78 is 5.37. The first-order valence-corrected chi connectivity index (χ1v) is 11.4. The van der Waals surface area contributed by atoms with Gasteiger partial charge in [0.15, 0.2) is 0 Å². The number of methoxy groups -OCH3 is 1. The number of amides is 4. The predicted molar refractivity (Wildman–Crippen MR) is 126 cm³/mol. The Kier molecular flexibility index (Phi) is 6.46. The summed E-state index contributed by atoms with van der Waals surface area (Å²) in [5.74, 6) is -0.221. The van der Waals surface area contributed by atoms with Crippen LogP contribution in [0.15, 0.2) is 72.1 Å². The lowest BCUT2D eigenvalue weighted by Gasteiger charge is -2.23. The van der Waals surface area contributed by atoms with Gasteiger partial charge in [-0.15, -0.1) is 11.3 Å². The summed E-state index contributed by atoms with van der Waals surface area (Å²) in [6, 6.07) is 19.9. The summed E-state index contributed by atoms with van der Waals surface area (Å²) in [6.45, 7) is 1.30. The van der Waals surface area contributed by atoms with Gasteiger partial charge in [-0.25, -0.2) is 4.79 Å². The molecule has 0 aliphatic carbocycles. The predicted octanol–water partition coefficient (Wildman–Crippen LogP) is 3.52. The monoisotopic (exact) mass is 463 g/mol. The van der Waals surface area contributed by atoms with Crippen LogP contribution in [0, 0.1) is 0 Å². The molecule has 1 aliphatic heterocycles. The lowest BCUT2D eigenvalue weighted by molar-refractivity contribution is -0.134. The maximum absolute atomic E-state index is 13.2. The molecule has 7 nitrogen and oxygen atoms in total. The molecule has 3 aromatic rings. The quantitative estimate of drug-likeness (QED) is 0.501. The first kappa shape index (κ1) is 22.5. The van der Waals surface area contributed by atoms with Gasteiger partial charge < -0.3 is 15.4 Å². The zero-order valence-corrected chi connectivity index (χ0v) is 19.2. The number of carbonyl (C=O) groups excluding carboxylic acids is 3. The Labute approximate surface area is 196 Å². The number of nitrogens with zero attached hydrogens (tertiary/aromatic N) is 1. The number of hydrogen-bond acceptors (Lipinski definition) is 5. The minimum Gasteiger partial charge on any atom is -0.496 e. The van der Waals surface area contributed by atoms with E-state index in [9.17, 15) is 14.4 Å². The van der Waals surface area contributed by atoms with Gasteiger partial charge in [0.05, 0.1) is 13.2 Å². The van der Waals surface area contributed by atoms with Crippen LogP contribution in [0.3, 0.4) is 0 Å². The van der Waals surface area contributed by atoms with Crippen LogP contribution >= 0.6 is 11.3 Å². The van der Waals surface area contributed by atoms with Crippen LogP contribution in [0.1, 0.15) is 29.0 Å². The van der Waals surface area contributed by atoms with E-state index in [1.165, 1.54) is 11.3 Å². The van der Waals surface area contributed by atoms with Crippen LogP contribution in [-0.4, -0.2) is 41.9 Å². The molecule has 0 radical (unpaired) electrons. The molecule has 2 N–H and O–H groups in total. The van der Waals surface area contributed by atoms with Crippen LogP contribution in [0.25, 0.3) is 0 Å². The van der Waals surface area contributed by atoms with Crippen LogP contribution < -0.4 is 15.4 Å². The number of para-hydroxylation sites is 1. The summed E-state index contributed by atoms with van der Waals surface area (Å²) in [5, 5.41) is 7.67. The first-order valence-electron chi connectivity index (χ1n) is 10.5. The highest BCUT2D eigenvalue weighted by molar-refractivity contribution is 7.10. The largest absolute Gasteiger partial charge is 0.496 e. The maximum atomic E-state index is 13.2. The minimum atomic E-state index is -1.17. The Hall–Kier alpha value is -3.65. The van der Waals surface area contributed by atoms with Crippen molar-refractivity contribution in [1.82, 2.24) is 15.5 Å². The van der Waals surface area contributed by atoms with E-state index < -0.39 is 23.4 Å². The number of nitrogens with one attached hydrogen (secondary N) is 2. The van der Waals surface area contributed by atoms with E-state index >= 15 is 0 Å². The summed E-state index contributed by atoms with van der Waals surface area (Å²) in [7, 11) is 1.56. The average molecular weight is 464 g/mol. The SMILES string of the molecule is COc1ccccc1C[C@]1(C)NC(=O)N(CC(=O)N[C@H](c2ccccc2)c2cccs2)C1=O. The lowest BCUT2D eigenvalue weighted by Crippen LogP contribution is -2.47. The molecule has 0 spiro atoms. The highest BCUT2D eigenvalue weighted by Gasteiger charge is 2.48. The molecule has 2 atom stereocenters. The van der Waals surface area contributed by atoms with Crippen LogP contribution in [0.4, 0.5) is 4.79 Å². The summed E-state index contributed by atoms with van der Waals surface area (Å²) >= 11 is 1.53. The van der Waals surface area contributed by atoms with Gasteiger partial charge in [-0.1, -0.05) is 54.6 Å². The molecular weight excluding hydrogens is 438 g/mol. The number of ether oxygens (including phenoxy) is 1. The molecule has 1 aliphatic rings. The van der Waals surface area contributed by atoms with Crippen molar-refractivity contribution in [2.45, 2.75) is 24.9 Å². The third kappa shape index (κ3) is 4.75. The van der Waals surface area contributed by atoms with E-state index in [-0.39, 0.29) is 19.0 Å². The zero-order chi connectivity index (χ0) is 23.4. The molecule has 4 rings (SSSR count). The topological polar surface area (TPSA) is 87.7 Å². The minimum absolute atomic E-state index is 0.252. The third-order valence-corrected chi connectivity index (χ3v) is 6.59.